The highest BCUT2D eigenvalue weighted by atomic mass is 16.5. The average molecular weight is 386 g/mol. The van der Waals surface area contributed by atoms with Gasteiger partial charge in [0, 0.05) is 37.7 Å². The maximum atomic E-state index is 12.2. The predicted octanol–water partition coefficient (Wildman–Crippen LogP) is 1.60. The van der Waals surface area contributed by atoms with E-state index in [0.717, 1.165) is 31.6 Å². The van der Waals surface area contributed by atoms with Gasteiger partial charge >= 0.3 is 0 Å². The largest absolute Gasteiger partial charge is 0.419 e. The first-order chi connectivity index (χ1) is 13.6. The Kier molecular flexibility index (Phi) is 5.43. The minimum absolute atomic E-state index is 0.0389. The molecule has 1 spiro atoms. The number of ether oxygens (including phenoxy) is 2. The fourth-order valence-electron chi connectivity index (χ4n) is 4.17. The normalized spacial score (nSPS) is 21.2. The number of benzene rings is 1. The summed E-state index contributed by atoms with van der Waals surface area (Å²) >= 11 is 0. The number of hydrogen-bond acceptors (Lipinski definition) is 7. The van der Waals surface area contributed by atoms with Gasteiger partial charge in [-0.05, 0) is 25.6 Å². The van der Waals surface area contributed by atoms with Crippen LogP contribution >= 0.6 is 0 Å². The molecule has 2 aromatic rings. The lowest BCUT2D eigenvalue weighted by atomic mass is 9.77. The summed E-state index contributed by atoms with van der Waals surface area (Å²) in [7, 11) is 3.69. The summed E-state index contributed by atoms with van der Waals surface area (Å²) in [5.41, 5.74) is 1.02. The van der Waals surface area contributed by atoms with Crippen molar-refractivity contribution < 1.29 is 18.7 Å². The number of likely N-dealkylation sites (tertiary alicyclic amines) is 2. The Morgan fingerprint density at radius 1 is 1.21 bits per heavy atom. The number of methoxy groups -OCH3 is 1. The topological polar surface area (TPSA) is 80.9 Å². The molecule has 2 aliphatic rings. The molecule has 28 heavy (non-hydrogen) atoms. The van der Waals surface area contributed by atoms with Crippen LogP contribution < -0.4 is 0 Å². The fraction of sp³-hybridized carbons (Fsp3) is 0.550. The average Bonchev–Trinajstić information content (AvgIpc) is 3.29. The van der Waals surface area contributed by atoms with Crippen LogP contribution in [-0.2, 0) is 14.3 Å². The van der Waals surface area contributed by atoms with Gasteiger partial charge in [0.05, 0.1) is 19.3 Å². The second-order valence-corrected chi connectivity index (χ2v) is 7.74. The van der Waals surface area contributed by atoms with Crippen LogP contribution in [0.3, 0.4) is 0 Å². The number of carbonyl (C=O) groups is 1. The number of rotatable bonds is 7. The van der Waals surface area contributed by atoms with Gasteiger partial charge in [-0.2, -0.15) is 0 Å². The molecule has 1 aromatic carbocycles. The number of aromatic nitrogens is 2. The van der Waals surface area contributed by atoms with Crippen LogP contribution in [0, 0.1) is 5.41 Å². The molecule has 0 bridgehead atoms. The standard InChI is InChI=1S/C20H26N4O4/c1-23-12-20(13-24(14-20)17(25)11-27-9-8-26-2)10-16(23)19-22-21-18(28-19)15-6-4-3-5-7-15/h3-7,16H,8-14H2,1-2H3. The van der Waals surface area contributed by atoms with Gasteiger partial charge in [-0.1, -0.05) is 18.2 Å². The van der Waals surface area contributed by atoms with Crippen LogP contribution in [0.4, 0.5) is 0 Å². The van der Waals surface area contributed by atoms with E-state index < -0.39 is 0 Å². The smallest absolute Gasteiger partial charge is 0.248 e. The van der Waals surface area contributed by atoms with E-state index in [1.807, 2.05) is 35.2 Å². The lowest BCUT2D eigenvalue weighted by Gasteiger charge is -2.48. The molecule has 0 radical (unpaired) electrons. The van der Waals surface area contributed by atoms with Crippen LogP contribution in [0.15, 0.2) is 34.7 Å². The molecule has 0 saturated carbocycles. The van der Waals surface area contributed by atoms with E-state index in [0.29, 0.717) is 25.0 Å². The van der Waals surface area contributed by atoms with Gasteiger partial charge in [0.15, 0.2) is 0 Å². The van der Waals surface area contributed by atoms with Crippen molar-refractivity contribution in [3.63, 3.8) is 0 Å². The van der Waals surface area contributed by atoms with Crippen molar-refractivity contribution in [2.24, 2.45) is 5.41 Å². The molecular weight excluding hydrogens is 360 g/mol. The molecule has 1 unspecified atom stereocenters. The molecular formula is C20H26N4O4. The monoisotopic (exact) mass is 386 g/mol. The van der Waals surface area contributed by atoms with Crippen LogP contribution in [0.25, 0.3) is 11.5 Å². The maximum absolute atomic E-state index is 12.2. The Labute approximate surface area is 164 Å². The SMILES string of the molecule is COCCOCC(=O)N1CC2(CC(c3nnc(-c4ccccc4)o3)N(C)C2)C1. The fourth-order valence-corrected chi connectivity index (χ4v) is 4.17. The van der Waals surface area contributed by atoms with Gasteiger partial charge < -0.3 is 18.8 Å². The molecule has 0 aliphatic carbocycles. The van der Waals surface area contributed by atoms with Crippen molar-refractivity contribution in [2.45, 2.75) is 12.5 Å². The maximum Gasteiger partial charge on any atom is 0.248 e. The third-order valence-electron chi connectivity index (χ3n) is 5.55. The zero-order valence-corrected chi connectivity index (χ0v) is 16.3. The molecule has 8 nitrogen and oxygen atoms in total. The van der Waals surface area contributed by atoms with Crippen LogP contribution in [0.1, 0.15) is 18.4 Å². The number of hydrogen-bond donors (Lipinski definition) is 0. The Hall–Kier alpha value is -2.29. The summed E-state index contributed by atoms with van der Waals surface area (Å²) in [5, 5.41) is 8.50. The molecule has 2 aliphatic heterocycles. The molecule has 8 heteroatoms. The molecule has 1 amide bonds. The lowest BCUT2D eigenvalue weighted by molar-refractivity contribution is -0.148. The second-order valence-electron chi connectivity index (χ2n) is 7.74. The third-order valence-corrected chi connectivity index (χ3v) is 5.55. The van der Waals surface area contributed by atoms with Crippen molar-refractivity contribution in [3.8, 4) is 11.5 Å². The van der Waals surface area contributed by atoms with E-state index in [2.05, 4.69) is 22.1 Å². The first-order valence-corrected chi connectivity index (χ1v) is 9.54. The van der Waals surface area contributed by atoms with E-state index in [4.69, 9.17) is 13.9 Å². The van der Waals surface area contributed by atoms with E-state index in [1.54, 1.807) is 7.11 Å². The van der Waals surface area contributed by atoms with Crippen molar-refractivity contribution in [2.75, 3.05) is 53.6 Å². The zero-order valence-electron chi connectivity index (χ0n) is 16.3. The van der Waals surface area contributed by atoms with Gasteiger partial charge in [0.25, 0.3) is 0 Å². The van der Waals surface area contributed by atoms with E-state index in [-0.39, 0.29) is 24.0 Å². The summed E-state index contributed by atoms with van der Waals surface area (Å²) in [6.45, 7) is 3.46. The van der Waals surface area contributed by atoms with E-state index in [9.17, 15) is 4.79 Å². The lowest BCUT2D eigenvalue weighted by Crippen LogP contribution is -2.60. The van der Waals surface area contributed by atoms with Gasteiger partial charge in [0.2, 0.25) is 17.7 Å². The molecule has 1 atom stereocenters. The van der Waals surface area contributed by atoms with Crippen molar-refractivity contribution >= 4 is 5.91 Å². The minimum atomic E-state index is 0.0389. The summed E-state index contributed by atoms with van der Waals surface area (Å²) in [6, 6.07) is 9.87. The first kappa shape index (κ1) is 19.0. The van der Waals surface area contributed by atoms with Gasteiger partial charge in [-0.3, -0.25) is 9.69 Å². The highest BCUT2D eigenvalue weighted by Crippen LogP contribution is 2.47. The number of nitrogens with zero attached hydrogens (tertiary/aromatic N) is 4. The summed E-state index contributed by atoms with van der Waals surface area (Å²) in [6.07, 6.45) is 0.911. The van der Waals surface area contributed by atoms with Crippen LogP contribution in [0.2, 0.25) is 0 Å². The number of carbonyl (C=O) groups excluding carboxylic acids is 1. The quantitative estimate of drug-likeness (QED) is 0.669. The highest BCUT2D eigenvalue weighted by Gasteiger charge is 2.53. The van der Waals surface area contributed by atoms with Crippen molar-refractivity contribution in [3.05, 3.63) is 36.2 Å². The Morgan fingerprint density at radius 3 is 2.75 bits per heavy atom. The van der Waals surface area contributed by atoms with Crippen LogP contribution in [0.5, 0.6) is 0 Å². The first-order valence-electron chi connectivity index (χ1n) is 9.54. The van der Waals surface area contributed by atoms with Crippen molar-refractivity contribution in [1.29, 1.82) is 0 Å². The molecule has 1 aromatic heterocycles. The van der Waals surface area contributed by atoms with Crippen LogP contribution in [-0.4, -0.2) is 79.5 Å². The molecule has 3 heterocycles. The summed E-state index contributed by atoms with van der Waals surface area (Å²) in [5.74, 6) is 1.23. The summed E-state index contributed by atoms with van der Waals surface area (Å²) in [4.78, 5) is 16.3. The van der Waals surface area contributed by atoms with Gasteiger partial charge in [0.1, 0.15) is 6.61 Å². The zero-order chi connectivity index (χ0) is 19.6. The Bertz CT molecular complexity index is 804. The Morgan fingerprint density at radius 2 is 2.00 bits per heavy atom. The Balaban J connectivity index is 1.33. The van der Waals surface area contributed by atoms with E-state index in [1.165, 1.54) is 0 Å². The molecule has 2 fully saturated rings. The third kappa shape index (κ3) is 3.80. The molecule has 0 N–H and O–H groups in total. The van der Waals surface area contributed by atoms with Gasteiger partial charge in [-0.15, -0.1) is 10.2 Å². The number of amides is 1. The molecule has 4 rings (SSSR count). The molecule has 2 saturated heterocycles. The molecule has 150 valence electrons. The van der Waals surface area contributed by atoms with Gasteiger partial charge in [-0.25, -0.2) is 0 Å². The van der Waals surface area contributed by atoms with Crippen molar-refractivity contribution in [1.82, 2.24) is 20.0 Å². The second kappa shape index (κ2) is 7.98. The predicted molar refractivity (Wildman–Crippen MR) is 101 cm³/mol. The summed E-state index contributed by atoms with van der Waals surface area (Å²) < 4.78 is 16.2. The minimum Gasteiger partial charge on any atom is -0.419 e. The highest BCUT2D eigenvalue weighted by molar-refractivity contribution is 5.78. The van der Waals surface area contributed by atoms with E-state index >= 15 is 0 Å².